The van der Waals surface area contributed by atoms with Crippen LogP contribution in [0.25, 0.3) is 43.6 Å². The van der Waals surface area contributed by atoms with E-state index in [9.17, 15) is 9.90 Å². The molecule has 0 spiro atoms. The summed E-state index contributed by atoms with van der Waals surface area (Å²) < 4.78 is 17.1. The lowest BCUT2D eigenvalue weighted by atomic mass is 9.75. The fraction of sp³-hybridized carbons (Fsp3) is 0.167. The molecule has 2 aliphatic rings. The van der Waals surface area contributed by atoms with E-state index in [0.717, 1.165) is 135 Å². The number of amidine groups is 9. The Bertz CT molecular complexity index is 6070. The summed E-state index contributed by atoms with van der Waals surface area (Å²) in [7, 11) is 0. The number of H-pyrrole nitrogens is 2. The number of aromatic nitrogens is 4. The van der Waals surface area contributed by atoms with Gasteiger partial charge in [-0.25, -0.2) is 9.97 Å². The molecule has 0 amide bonds. The van der Waals surface area contributed by atoms with Gasteiger partial charge in [-0.15, -0.1) is 0 Å². The van der Waals surface area contributed by atoms with Gasteiger partial charge in [-0.3, -0.25) is 53.5 Å². The van der Waals surface area contributed by atoms with Gasteiger partial charge in [-0.2, -0.15) is 0 Å². The van der Waals surface area contributed by atoms with Gasteiger partial charge in [-0.1, -0.05) is 122 Å². The normalized spacial score (nSPS) is 13.1. The third-order valence-corrected chi connectivity index (χ3v) is 20.8. The van der Waals surface area contributed by atoms with Gasteiger partial charge in [0, 0.05) is 92.7 Å². The Morgan fingerprint density at radius 1 is 0.400 bits per heavy atom. The zero-order valence-electron chi connectivity index (χ0n) is 68.9. The number of imidazole rings is 2. The first kappa shape index (κ1) is 89.7. The van der Waals surface area contributed by atoms with E-state index in [4.69, 9.17) is 120 Å². The largest absolute Gasteiger partial charge is 0.493 e. The van der Waals surface area contributed by atoms with Crippen LogP contribution in [0.15, 0.2) is 255 Å². The van der Waals surface area contributed by atoms with Gasteiger partial charge in [0.25, 0.3) is 0 Å². The molecule has 0 bridgehead atoms. The molecule has 12 aromatic carbocycles. The molecule has 638 valence electrons. The molecule has 0 radical (unpaired) electrons. The third kappa shape index (κ3) is 26.0. The highest BCUT2D eigenvalue weighted by Gasteiger charge is 2.31. The summed E-state index contributed by atoms with van der Waals surface area (Å²) in [4.78, 5) is 28.5. The Labute approximate surface area is 722 Å². The Balaban J connectivity index is 0.000000150. The van der Waals surface area contributed by atoms with E-state index in [2.05, 4.69) is 37.4 Å². The van der Waals surface area contributed by atoms with E-state index in [-0.39, 0.29) is 71.0 Å². The molecule has 1 aliphatic heterocycles. The van der Waals surface area contributed by atoms with E-state index in [1.54, 1.807) is 66.7 Å². The molecule has 125 heavy (non-hydrogen) atoms. The summed E-state index contributed by atoms with van der Waals surface area (Å²) in [5.74, 6) is 4.69. The van der Waals surface area contributed by atoms with Crippen LogP contribution in [0.4, 0.5) is 11.4 Å². The third-order valence-electron chi connectivity index (χ3n) is 20.8. The Morgan fingerprint density at radius 3 is 1.23 bits per heavy atom. The number of ether oxygens (including phenoxy) is 3. The van der Waals surface area contributed by atoms with Crippen LogP contribution < -0.4 is 76.9 Å². The van der Waals surface area contributed by atoms with Crippen LogP contribution in [0.5, 0.6) is 17.2 Å². The van der Waals surface area contributed by atoms with Crippen molar-refractivity contribution in [1.82, 2.24) is 19.9 Å². The maximum Gasteiger partial charge on any atom is 0.139 e. The van der Waals surface area contributed by atoms with Gasteiger partial charge in [-0.05, 0) is 215 Å². The molecule has 33 N–H and O–H groups in total. The van der Waals surface area contributed by atoms with E-state index in [0.29, 0.717) is 88.0 Å². The van der Waals surface area contributed by atoms with Crippen LogP contribution in [0.3, 0.4) is 0 Å². The van der Waals surface area contributed by atoms with Crippen molar-refractivity contribution >= 4 is 113 Å². The lowest BCUT2D eigenvalue weighted by Gasteiger charge is -2.28. The van der Waals surface area contributed by atoms with Crippen molar-refractivity contribution < 1.29 is 24.1 Å². The van der Waals surface area contributed by atoms with E-state index in [1.807, 2.05) is 176 Å². The summed E-state index contributed by atoms with van der Waals surface area (Å²) in [6.07, 6.45) is 6.63. The standard InChI is InChI=1S/C22H24N4O3.C22H26N4O.C19H18N2O.C17H16N8.C9H11N3.C7H9N3/c23-21(24)14-3-6-19(7-4-14)29-13-18(27)9-10-28-20-8-5-15-11-17(22(25)26)2-1-16(15)12-20;23-21(24)16-8-4-14(5-9-16)12-18-2-1-3-19(20(18)27)13-15-6-10-17(11-7-15)22(25)26;20-19(21)17-7-6-16-13-18(9-8-15(16)12-17)22-11-10-14-4-2-1-3-5-14;18-16(19)8-1-3-10-12(5-8)24-14(22-10)7-15-23-11-4-2-9(17(20)21)6-13(11)25-15;10-9(11)7-1-2-8-6(5-7)3-4-12-8;8-6-3-1-5(2-4-6)7(9)10/h1-8,11-12,18,27H,9-10,13H2,(H3,23,24)(H3,25,26);4-11,18-19H,1-3,12-13H2,(H3,23,24)(H3,25,26);1-9,12-13H,10-11H2,(H3,20,21);1-6H,7H2,(H3,18,19)(H3,20,21)(H,22,24)(H,23,25);1-2,5,12H,3-4H2,(H3,10,11);1-4H,8H2,(H3,9,10). The lowest BCUT2D eigenvalue weighted by Crippen LogP contribution is -2.31. The Kier molecular flexibility index (Phi) is 30.7. The number of aromatic amines is 2. The number of hydrogen-bond acceptors (Lipinski definition) is 18. The highest BCUT2D eigenvalue weighted by atomic mass is 16.5. The number of nitrogens with two attached hydrogens (primary N) is 10. The number of carbonyl (C=O) groups excluding carboxylic acids is 1. The summed E-state index contributed by atoms with van der Waals surface area (Å²) in [5, 5.41) is 84.1. The number of nitrogen functional groups attached to an aromatic ring is 10. The average molecular weight is 1670 g/mol. The quantitative estimate of drug-likeness (QED) is 0.0136. The molecule has 2 aromatic heterocycles. The molecule has 1 aliphatic carbocycles. The van der Waals surface area contributed by atoms with Gasteiger partial charge >= 0.3 is 0 Å². The second kappa shape index (κ2) is 42.8. The zero-order valence-corrected chi connectivity index (χ0v) is 68.9. The number of Topliss-reactive ketones (excluding diaryl/α,β-unsaturated/α-hetero) is 1. The molecule has 16 rings (SSSR count). The average Bonchev–Trinajstić information content (AvgIpc) is 1.72. The minimum absolute atomic E-state index is 0.00159. The molecule has 29 heteroatoms. The molecule has 3 heterocycles. The number of aliphatic hydroxyl groups excluding tert-OH is 1. The molecule has 29 nitrogen and oxygen atoms in total. The van der Waals surface area contributed by atoms with Crippen LogP contribution in [0, 0.1) is 60.5 Å². The molecular weight excluding hydrogens is 1570 g/mol. The SMILES string of the molecule is N=C(N)c1ccc(CC2CCCC(Cc3ccc(C(=N)N)cc3)C2=O)cc1.N=C(N)c1ccc(N)cc1.N=C(N)c1ccc(OCC(O)CCOc2ccc3cc(C(=N)N)ccc3c2)cc1.N=C(N)c1ccc2c(c1)CCN2.N=C(N)c1ccc2cc(OCCc3ccccc3)ccc2c1.N=C(N)c1ccc2nc(Cc3nc4ccc(C(=N)N)cc4[nH]3)[nH]c2c1. The van der Waals surface area contributed by atoms with Crippen LogP contribution >= 0.6 is 0 Å². The van der Waals surface area contributed by atoms with Crippen molar-refractivity contribution in [3.8, 4) is 17.2 Å². The molecule has 3 unspecified atom stereocenters. The monoisotopic (exact) mass is 1670 g/mol. The van der Waals surface area contributed by atoms with E-state index in [1.165, 1.54) is 16.8 Å². The first-order chi connectivity index (χ1) is 60.0. The maximum absolute atomic E-state index is 13.0. The summed E-state index contributed by atoms with van der Waals surface area (Å²) in [6, 6.07) is 78.9. The molecule has 14 aromatic rings. The highest BCUT2D eigenvalue weighted by molar-refractivity contribution is 6.03. The molecule has 1 saturated carbocycles. The number of anilines is 2. The molecule has 0 saturated heterocycles. The van der Waals surface area contributed by atoms with Crippen molar-refractivity contribution in [1.29, 1.82) is 48.7 Å². The van der Waals surface area contributed by atoms with Crippen molar-refractivity contribution in [3.05, 3.63) is 339 Å². The van der Waals surface area contributed by atoms with Crippen molar-refractivity contribution in [2.75, 3.05) is 37.4 Å². The Morgan fingerprint density at radius 2 is 0.776 bits per heavy atom. The smallest absolute Gasteiger partial charge is 0.139 e. The minimum atomic E-state index is -0.666. The van der Waals surface area contributed by atoms with Gasteiger partial charge in [0.2, 0.25) is 0 Å². The Hall–Kier alpha value is -16.0. The van der Waals surface area contributed by atoms with Crippen molar-refractivity contribution in [2.45, 2.75) is 63.9 Å². The first-order valence-corrected chi connectivity index (χ1v) is 40.3. The fourth-order valence-electron chi connectivity index (χ4n) is 14.0. The summed E-state index contributed by atoms with van der Waals surface area (Å²) >= 11 is 0. The van der Waals surface area contributed by atoms with Gasteiger partial charge in [0.05, 0.1) is 47.8 Å². The van der Waals surface area contributed by atoms with Crippen molar-refractivity contribution in [3.63, 3.8) is 0 Å². The number of ketones is 1. The van der Waals surface area contributed by atoms with E-state index >= 15 is 0 Å². The number of carbonyl (C=O) groups is 1. The van der Waals surface area contributed by atoms with Gasteiger partial charge in [0.15, 0.2) is 0 Å². The van der Waals surface area contributed by atoms with Crippen LogP contribution in [-0.4, -0.2) is 116 Å². The second-order valence-electron chi connectivity index (χ2n) is 30.1. The number of nitrogens with one attached hydrogen (secondary N) is 12. The topological polar surface area (TPSA) is 609 Å². The molecule has 1 fully saturated rings. The van der Waals surface area contributed by atoms with Gasteiger partial charge < -0.3 is 91.9 Å². The summed E-state index contributed by atoms with van der Waals surface area (Å²) in [5.41, 5.74) is 70.7. The maximum atomic E-state index is 13.0. The number of aliphatic hydroxyl groups is 1. The number of benzene rings is 12. The number of fused-ring (bicyclic) bond motifs is 5. The first-order valence-electron chi connectivity index (χ1n) is 40.3. The molecular formula is C96H104N24O5. The summed E-state index contributed by atoms with van der Waals surface area (Å²) in [6.45, 7) is 2.15. The van der Waals surface area contributed by atoms with Crippen LogP contribution in [-0.2, 0) is 36.9 Å². The van der Waals surface area contributed by atoms with Crippen molar-refractivity contribution in [2.24, 2.45) is 63.4 Å². The number of rotatable bonds is 26. The van der Waals surface area contributed by atoms with Crippen LogP contribution in [0.2, 0.25) is 0 Å². The number of nitrogens with zero attached hydrogens (tertiary/aromatic N) is 2. The van der Waals surface area contributed by atoms with Crippen LogP contribution in [0.1, 0.15) is 110 Å². The lowest BCUT2D eigenvalue weighted by molar-refractivity contribution is -0.129. The highest BCUT2D eigenvalue weighted by Crippen LogP contribution is 2.32. The zero-order chi connectivity index (χ0) is 89.2. The predicted molar refractivity (Wildman–Crippen MR) is 501 cm³/mol. The van der Waals surface area contributed by atoms with Gasteiger partial charge in [0.1, 0.15) is 93.8 Å². The second-order valence-corrected chi connectivity index (χ2v) is 30.1. The minimum Gasteiger partial charge on any atom is -0.493 e. The predicted octanol–water partition coefficient (Wildman–Crippen LogP) is 12.5. The fourth-order valence-corrected chi connectivity index (χ4v) is 14.0. The number of hydrogen-bond donors (Lipinski definition) is 23. The van der Waals surface area contributed by atoms with E-state index < -0.39 is 6.10 Å². The molecule has 3 atom stereocenters.